The predicted octanol–water partition coefficient (Wildman–Crippen LogP) is 6.05. The van der Waals surface area contributed by atoms with Crippen molar-refractivity contribution in [2.24, 2.45) is 5.92 Å². The topological polar surface area (TPSA) is 59.0 Å². The number of anilines is 1. The number of methoxy groups -OCH3 is 1. The number of fused-ring (bicyclic) bond motifs is 2. The molecule has 1 fully saturated rings. The van der Waals surface area contributed by atoms with Crippen molar-refractivity contribution in [1.82, 2.24) is 0 Å². The van der Waals surface area contributed by atoms with Gasteiger partial charge < -0.3 is 19.5 Å². The summed E-state index contributed by atoms with van der Waals surface area (Å²) in [5.41, 5.74) is 2.04. The zero-order valence-electron chi connectivity index (χ0n) is 22.1. The van der Waals surface area contributed by atoms with Crippen LogP contribution < -0.4 is 14.8 Å². The summed E-state index contributed by atoms with van der Waals surface area (Å²) in [5.74, 6) is 0.775. The van der Waals surface area contributed by atoms with E-state index in [0.29, 0.717) is 13.0 Å². The average Bonchev–Trinajstić information content (AvgIpc) is 3.31. The Bertz CT molecular complexity index is 1350. The normalized spacial score (nSPS) is 24.8. The van der Waals surface area contributed by atoms with Crippen molar-refractivity contribution in [3.8, 4) is 5.75 Å². The van der Waals surface area contributed by atoms with E-state index in [2.05, 4.69) is 114 Å². The predicted molar refractivity (Wildman–Crippen MR) is 171 cm³/mol. The first-order valence-electron chi connectivity index (χ1n) is 12.9. The Morgan fingerprint density at radius 3 is 2.42 bits per heavy atom. The highest BCUT2D eigenvalue weighted by molar-refractivity contribution is 14.1. The minimum atomic E-state index is -2.17. The Hall–Kier alpha value is -1.47. The maximum atomic E-state index is 14.6. The van der Waals surface area contributed by atoms with Crippen LogP contribution in [0.5, 0.6) is 5.75 Å². The van der Waals surface area contributed by atoms with Crippen molar-refractivity contribution in [3.63, 3.8) is 0 Å². The molecule has 200 valence electrons. The van der Waals surface area contributed by atoms with Crippen LogP contribution in [-0.4, -0.2) is 38.9 Å². The van der Waals surface area contributed by atoms with Crippen molar-refractivity contribution >= 4 is 70.0 Å². The van der Waals surface area contributed by atoms with Crippen molar-refractivity contribution < 1.29 is 19.4 Å². The van der Waals surface area contributed by atoms with Gasteiger partial charge in [0.15, 0.2) is 5.60 Å². The molecule has 2 aliphatic heterocycles. The molecule has 5 rings (SSSR count). The van der Waals surface area contributed by atoms with E-state index in [1.807, 2.05) is 23.1 Å². The maximum absolute atomic E-state index is 14.6. The van der Waals surface area contributed by atoms with Gasteiger partial charge in [-0.2, -0.15) is 0 Å². The third kappa shape index (κ3) is 4.63. The number of carbonyl (C=O) groups excluding carboxylic acids is 1. The highest BCUT2D eigenvalue weighted by Crippen LogP contribution is 2.60. The van der Waals surface area contributed by atoms with Crippen LogP contribution in [0.4, 0.5) is 5.69 Å². The van der Waals surface area contributed by atoms with E-state index in [4.69, 9.17) is 9.47 Å². The summed E-state index contributed by atoms with van der Waals surface area (Å²) >= 11 is 4.64. The molecular formula is C30H33I2NO4Si. The summed E-state index contributed by atoms with van der Waals surface area (Å²) in [6.07, 6.45) is 0.290. The van der Waals surface area contributed by atoms with Crippen LogP contribution in [0.2, 0.25) is 18.6 Å². The van der Waals surface area contributed by atoms with Crippen molar-refractivity contribution in [2.45, 2.75) is 50.2 Å². The lowest BCUT2D eigenvalue weighted by Gasteiger charge is -2.37. The van der Waals surface area contributed by atoms with E-state index in [1.54, 1.807) is 7.11 Å². The first-order chi connectivity index (χ1) is 18.1. The number of amides is 1. The van der Waals surface area contributed by atoms with Crippen molar-refractivity contribution in [2.75, 3.05) is 18.6 Å². The third-order valence-electron chi connectivity index (χ3n) is 8.44. The van der Waals surface area contributed by atoms with Gasteiger partial charge in [-0.05, 0) is 105 Å². The lowest BCUT2D eigenvalue weighted by atomic mass is 9.82. The molecule has 4 atom stereocenters. The zero-order chi connectivity index (χ0) is 27.2. The standard InChI is InChI=1S/C30H33I2NO4Si/c1-19-28(38(3,4)24-11-9-23(36-2)10-12-24)27(14-15-34)37-30(19)25-17-22(32)8-13-26(25)33(29(30)35)18-20-6-5-7-21(31)16-20/h5-13,16-17,19,27-28,34H,14-15,18H2,1-4H3/t19-,27+,28-,30+/m1/s1. The monoisotopic (exact) mass is 753 g/mol. The molecule has 1 spiro atoms. The second-order valence-electron chi connectivity index (χ2n) is 10.9. The van der Waals surface area contributed by atoms with Gasteiger partial charge in [0.1, 0.15) is 5.75 Å². The van der Waals surface area contributed by atoms with E-state index >= 15 is 0 Å². The van der Waals surface area contributed by atoms with Gasteiger partial charge in [-0.25, -0.2) is 0 Å². The molecule has 2 aliphatic rings. The van der Waals surface area contributed by atoms with Crippen LogP contribution in [0.25, 0.3) is 0 Å². The van der Waals surface area contributed by atoms with Crippen LogP contribution in [0.1, 0.15) is 24.5 Å². The first-order valence-corrected chi connectivity index (χ1v) is 18.2. The van der Waals surface area contributed by atoms with E-state index in [1.165, 1.54) is 5.19 Å². The smallest absolute Gasteiger partial charge is 0.264 e. The van der Waals surface area contributed by atoms with Gasteiger partial charge >= 0.3 is 0 Å². The molecule has 2 heterocycles. The van der Waals surface area contributed by atoms with Crippen molar-refractivity contribution in [3.05, 3.63) is 85.0 Å². The van der Waals surface area contributed by atoms with Crippen LogP contribution in [-0.2, 0) is 21.7 Å². The summed E-state index contributed by atoms with van der Waals surface area (Å²) < 4.78 is 14.6. The molecule has 0 radical (unpaired) electrons. The Morgan fingerprint density at radius 1 is 1.05 bits per heavy atom. The summed E-state index contributed by atoms with van der Waals surface area (Å²) in [7, 11) is -0.494. The van der Waals surface area contributed by atoms with Crippen LogP contribution >= 0.6 is 45.2 Å². The minimum absolute atomic E-state index is 0.00540. The zero-order valence-corrected chi connectivity index (χ0v) is 27.4. The largest absolute Gasteiger partial charge is 0.497 e. The maximum Gasteiger partial charge on any atom is 0.264 e. The fourth-order valence-electron chi connectivity index (χ4n) is 6.66. The van der Waals surface area contributed by atoms with Crippen LogP contribution in [0.3, 0.4) is 0 Å². The second-order valence-corrected chi connectivity index (χ2v) is 18.0. The molecule has 1 amide bonds. The molecule has 8 heteroatoms. The number of halogens is 2. The number of carbonyl (C=O) groups is 1. The van der Waals surface area contributed by atoms with Gasteiger partial charge in [-0.3, -0.25) is 4.79 Å². The minimum Gasteiger partial charge on any atom is -0.497 e. The van der Waals surface area contributed by atoms with Gasteiger partial charge in [-0.15, -0.1) is 0 Å². The molecule has 5 nitrogen and oxygen atoms in total. The molecule has 38 heavy (non-hydrogen) atoms. The molecular weight excluding hydrogens is 720 g/mol. The fraction of sp³-hybridized carbons (Fsp3) is 0.367. The van der Waals surface area contributed by atoms with Crippen LogP contribution in [0, 0.1) is 13.1 Å². The third-order valence-corrected chi connectivity index (χ3v) is 14.1. The highest BCUT2D eigenvalue weighted by atomic mass is 127. The molecule has 0 unspecified atom stereocenters. The van der Waals surface area contributed by atoms with Gasteiger partial charge in [0.2, 0.25) is 0 Å². The Labute approximate surface area is 253 Å². The molecule has 0 aliphatic carbocycles. The molecule has 0 saturated carbocycles. The fourth-order valence-corrected chi connectivity index (χ4v) is 11.8. The molecule has 0 bridgehead atoms. The number of nitrogens with zero attached hydrogens (tertiary/aromatic N) is 1. The second kappa shape index (κ2) is 10.8. The summed E-state index contributed by atoms with van der Waals surface area (Å²) in [6.45, 7) is 7.44. The van der Waals surface area contributed by atoms with Crippen LogP contribution in [0.15, 0.2) is 66.7 Å². The number of benzene rings is 3. The van der Waals surface area contributed by atoms with Gasteiger partial charge in [0.25, 0.3) is 5.91 Å². The molecule has 1 saturated heterocycles. The lowest BCUT2D eigenvalue weighted by Crippen LogP contribution is -2.51. The number of aliphatic hydroxyl groups excluding tert-OH is 1. The van der Waals surface area contributed by atoms with Crippen molar-refractivity contribution in [1.29, 1.82) is 0 Å². The number of hydrogen-bond donors (Lipinski definition) is 1. The number of rotatable bonds is 7. The summed E-state index contributed by atoms with van der Waals surface area (Å²) in [5, 5.41) is 11.4. The van der Waals surface area contributed by atoms with E-state index < -0.39 is 13.7 Å². The Kier molecular flexibility index (Phi) is 8.00. The molecule has 0 aromatic heterocycles. The van der Waals surface area contributed by atoms with E-state index in [-0.39, 0.29) is 30.1 Å². The highest BCUT2D eigenvalue weighted by Gasteiger charge is 2.66. The quantitative estimate of drug-likeness (QED) is 0.236. The lowest BCUT2D eigenvalue weighted by molar-refractivity contribution is -0.146. The summed E-state index contributed by atoms with van der Waals surface area (Å²) in [6, 6.07) is 22.9. The van der Waals surface area contributed by atoms with Gasteiger partial charge in [0, 0.05) is 25.2 Å². The first kappa shape index (κ1) is 28.1. The molecule has 3 aromatic rings. The number of ether oxygens (including phenoxy) is 2. The Morgan fingerprint density at radius 2 is 1.76 bits per heavy atom. The van der Waals surface area contributed by atoms with Gasteiger partial charge in [-0.1, -0.05) is 49.5 Å². The Balaban J connectivity index is 1.60. The van der Waals surface area contributed by atoms with Gasteiger partial charge in [0.05, 0.1) is 33.5 Å². The van der Waals surface area contributed by atoms with E-state index in [0.717, 1.165) is 29.7 Å². The SMILES string of the molecule is COc1ccc([Si](C)(C)[C@H]2[C@H](CCO)O[C@@]3(C(=O)N(Cc4cccc(I)c4)c4ccc(I)cc43)[C@@H]2C)cc1. The molecule has 1 N–H and O–H groups in total. The molecule has 3 aromatic carbocycles. The van der Waals surface area contributed by atoms with E-state index in [9.17, 15) is 9.90 Å². The number of hydrogen-bond acceptors (Lipinski definition) is 4. The number of aliphatic hydroxyl groups is 1. The summed E-state index contributed by atoms with van der Waals surface area (Å²) in [4.78, 5) is 16.5. The average molecular weight is 753 g/mol.